The lowest BCUT2D eigenvalue weighted by molar-refractivity contribution is -0.118. The fourth-order valence-electron chi connectivity index (χ4n) is 2.44. The predicted octanol–water partition coefficient (Wildman–Crippen LogP) is 4.27. The van der Waals surface area contributed by atoms with Gasteiger partial charge >= 0.3 is 0 Å². The third-order valence-corrected chi connectivity index (χ3v) is 5.27. The van der Waals surface area contributed by atoms with Crippen molar-refractivity contribution in [1.82, 2.24) is 0 Å². The van der Waals surface area contributed by atoms with Gasteiger partial charge in [-0.1, -0.05) is 23.7 Å². The first-order valence-electron chi connectivity index (χ1n) is 6.93. The van der Waals surface area contributed by atoms with Gasteiger partial charge in [0.15, 0.2) is 0 Å². The molecule has 3 rings (SSSR count). The van der Waals surface area contributed by atoms with Crippen LogP contribution < -0.4 is 10.1 Å². The zero-order valence-corrected chi connectivity index (χ0v) is 13.8. The number of nitriles is 1. The van der Waals surface area contributed by atoms with E-state index < -0.39 is 5.92 Å². The number of carbonyl (C=O) groups excluding carboxylic acids is 1. The highest BCUT2D eigenvalue weighted by Crippen LogP contribution is 2.46. The maximum absolute atomic E-state index is 12.4. The molecule has 2 aromatic carbocycles. The van der Waals surface area contributed by atoms with Crippen molar-refractivity contribution in [2.24, 2.45) is 5.92 Å². The number of ether oxygens (including phenoxy) is 1. The third-order valence-electron chi connectivity index (χ3n) is 3.62. The molecular formula is C17H13ClN2O2S. The first-order chi connectivity index (χ1) is 11.1. The Morgan fingerprint density at radius 3 is 2.65 bits per heavy atom. The van der Waals surface area contributed by atoms with Crippen LogP contribution in [0.1, 0.15) is 10.8 Å². The highest BCUT2D eigenvalue weighted by atomic mass is 35.5. The lowest BCUT2D eigenvalue weighted by atomic mass is 9.99. The number of hydrogen-bond acceptors (Lipinski definition) is 4. The Hall–Kier alpha value is -2.16. The lowest BCUT2D eigenvalue weighted by Crippen LogP contribution is -2.24. The van der Waals surface area contributed by atoms with Crippen LogP contribution in [0.5, 0.6) is 5.75 Å². The highest BCUT2D eigenvalue weighted by molar-refractivity contribution is 7.99. The van der Waals surface area contributed by atoms with E-state index in [1.807, 2.05) is 30.3 Å². The van der Waals surface area contributed by atoms with Crippen LogP contribution >= 0.6 is 23.4 Å². The molecule has 0 radical (unpaired) electrons. The maximum Gasteiger partial charge on any atom is 0.243 e. The summed E-state index contributed by atoms with van der Waals surface area (Å²) in [6, 6.07) is 14.9. The molecule has 0 bridgehead atoms. The summed E-state index contributed by atoms with van der Waals surface area (Å²) in [5.41, 5.74) is 1.55. The molecular weight excluding hydrogens is 332 g/mol. The van der Waals surface area contributed by atoms with Crippen LogP contribution in [0.2, 0.25) is 5.02 Å². The average molecular weight is 345 g/mol. The van der Waals surface area contributed by atoms with Gasteiger partial charge < -0.3 is 10.1 Å². The quantitative estimate of drug-likeness (QED) is 0.883. The predicted molar refractivity (Wildman–Crippen MR) is 90.8 cm³/mol. The van der Waals surface area contributed by atoms with Crippen LogP contribution in [-0.2, 0) is 4.79 Å². The molecule has 0 saturated heterocycles. The van der Waals surface area contributed by atoms with E-state index in [-0.39, 0.29) is 11.2 Å². The number of fused-ring (bicyclic) bond motifs is 1. The van der Waals surface area contributed by atoms with Crippen molar-refractivity contribution >= 4 is 35.0 Å². The van der Waals surface area contributed by atoms with Gasteiger partial charge in [0.05, 0.1) is 24.1 Å². The number of benzene rings is 2. The molecule has 2 aromatic rings. The van der Waals surface area contributed by atoms with Crippen molar-refractivity contribution in [3.63, 3.8) is 0 Å². The number of anilines is 1. The number of methoxy groups -OCH3 is 1. The number of rotatable bonds is 2. The fourth-order valence-corrected chi connectivity index (χ4v) is 3.88. The summed E-state index contributed by atoms with van der Waals surface area (Å²) >= 11 is 7.48. The van der Waals surface area contributed by atoms with Gasteiger partial charge in [0.2, 0.25) is 5.91 Å². The van der Waals surface area contributed by atoms with E-state index in [0.717, 1.165) is 16.2 Å². The minimum absolute atomic E-state index is 0.298. The Morgan fingerprint density at radius 1 is 1.26 bits per heavy atom. The zero-order valence-electron chi connectivity index (χ0n) is 12.2. The van der Waals surface area contributed by atoms with Crippen LogP contribution in [0.4, 0.5) is 5.69 Å². The molecule has 0 unspecified atom stereocenters. The molecule has 1 heterocycles. The molecule has 116 valence electrons. The Kier molecular flexibility index (Phi) is 4.46. The lowest BCUT2D eigenvalue weighted by Gasteiger charge is -2.18. The van der Waals surface area contributed by atoms with Crippen LogP contribution in [0, 0.1) is 17.2 Å². The second-order valence-corrected chi connectivity index (χ2v) is 6.67. The summed E-state index contributed by atoms with van der Waals surface area (Å²) in [6.45, 7) is 0. The summed E-state index contributed by atoms with van der Waals surface area (Å²) in [4.78, 5) is 13.3. The molecule has 1 aliphatic heterocycles. The molecule has 0 spiro atoms. The molecule has 1 N–H and O–H groups in total. The van der Waals surface area contributed by atoms with Gasteiger partial charge in [-0.2, -0.15) is 5.26 Å². The fraction of sp³-hybridized carbons (Fsp3) is 0.176. The SMILES string of the molecule is COc1ccc([C@@H]2Sc3ccc(Cl)cc3NC(=O)[C@@H]2C#N)cc1. The van der Waals surface area contributed by atoms with Crippen molar-refractivity contribution in [3.8, 4) is 11.8 Å². The van der Waals surface area contributed by atoms with Crippen molar-refractivity contribution in [2.45, 2.75) is 10.1 Å². The number of hydrogen-bond donors (Lipinski definition) is 1. The van der Waals surface area contributed by atoms with E-state index in [9.17, 15) is 10.1 Å². The monoisotopic (exact) mass is 344 g/mol. The number of carbonyl (C=O) groups is 1. The van der Waals surface area contributed by atoms with Gasteiger partial charge in [0.25, 0.3) is 0 Å². The van der Waals surface area contributed by atoms with Gasteiger partial charge in [0.1, 0.15) is 11.7 Å². The summed E-state index contributed by atoms with van der Waals surface area (Å²) in [7, 11) is 1.60. The standard InChI is InChI=1S/C17H13ClN2O2S/c1-22-12-5-2-10(3-6-12)16-13(9-19)17(21)20-14-8-11(18)4-7-15(14)23-16/h2-8,13,16H,1H3,(H,20,21)/t13-,16+/m1/s1. The molecule has 0 aliphatic carbocycles. The number of halogens is 1. The summed E-state index contributed by atoms with van der Waals surface area (Å²) in [6.07, 6.45) is 0. The topological polar surface area (TPSA) is 62.1 Å². The third kappa shape index (κ3) is 3.14. The van der Waals surface area contributed by atoms with Crippen LogP contribution in [0.3, 0.4) is 0 Å². The van der Waals surface area contributed by atoms with E-state index >= 15 is 0 Å². The minimum atomic E-state index is -0.792. The summed E-state index contributed by atoms with van der Waals surface area (Å²) < 4.78 is 5.16. The first-order valence-corrected chi connectivity index (χ1v) is 8.19. The molecule has 2 atom stereocenters. The second-order valence-electron chi connectivity index (χ2n) is 5.05. The van der Waals surface area contributed by atoms with Crippen molar-refractivity contribution < 1.29 is 9.53 Å². The van der Waals surface area contributed by atoms with Gasteiger partial charge in [-0.3, -0.25) is 4.79 Å². The summed E-state index contributed by atoms with van der Waals surface area (Å²) in [5.74, 6) is -0.376. The molecule has 23 heavy (non-hydrogen) atoms. The Morgan fingerprint density at radius 2 is 2.00 bits per heavy atom. The molecule has 4 nitrogen and oxygen atoms in total. The molecule has 0 saturated carbocycles. The maximum atomic E-state index is 12.4. The molecule has 1 aliphatic rings. The van der Waals surface area contributed by atoms with Crippen molar-refractivity contribution in [1.29, 1.82) is 5.26 Å². The smallest absolute Gasteiger partial charge is 0.243 e. The van der Waals surface area contributed by atoms with Crippen molar-refractivity contribution in [3.05, 3.63) is 53.1 Å². The van der Waals surface area contributed by atoms with E-state index in [1.54, 1.807) is 19.2 Å². The van der Waals surface area contributed by atoms with Crippen LogP contribution in [-0.4, -0.2) is 13.0 Å². The van der Waals surface area contributed by atoms with E-state index in [1.165, 1.54) is 11.8 Å². The van der Waals surface area contributed by atoms with E-state index in [0.29, 0.717) is 10.7 Å². The number of nitrogens with zero attached hydrogens (tertiary/aromatic N) is 1. The Labute approximate surface area is 143 Å². The minimum Gasteiger partial charge on any atom is -0.497 e. The van der Waals surface area contributed by atoms with Gasteiger partial charge in [0, 0.05) is 9.92 Å². The first kappa shape index (κ1) is 15.7. The summed E-state index contributed by atoms with van der Waals surface area (Å²) in [5, 5.41) is 12.5. The molecule has 1 amide bonds. The normalized spacial score (nSPS) is 20.0. The Bertz CT molecular complexity index is 786. The van der Waals surface area contributed by atoms with Gasteiger partial charge in [-0.15, -0.1) is 11.8 Å². The van der Waals surface area contributed by atoms with Crippen LogP contribution in [0.25, 0.3) is 0 Å². The number of nitrogens with one attached hydrogen (secondary N) is 1. The Balaban J connectivity index is 2.03. The van der Waals surface area contributed by atoms with Gasteiger partial charge in [-0.25, -0.2) is 0 Å². The molecule has 6 heteroatoms. The van der Waals surface area contributed by atoms with Crippen LogP contribution in [0.15, 0.2) is 47.4 Å². The van der Waals surface area contributed by atoms with Gasteiger partial charge in [-0.05, 0) is 35.9 Å². The van der Waals surface area contributed by atoms with Crippen molar-refractivity contribution in [2.75, 3.05) is 12.4 Å². The molecule has 0 fully saturated rings. The zero-order chi connectivity index (χ0) is 16.4. The van der Waals surface area contributed by atoms with E-state index in [2.05, 4.69) is 11.4 Å². The number of thioether (sulfide) groups is 1. The largest absolute Gasteiger partial charge is 0.497 e. The highest BCUT2D eigenvalue weighted by Gasteiger charge is 2.34. The number of amides is 1. The second kappa shape index (κ2) is 6.53. The van der Waals surface area contributed by atoms with E-state index in [4.69, 9.17) is 16.3 Å². The average Bonchev–Trinajstić information content (AvgIpc) is 2.70. The molecule has 0 aromatic heterocycles.